The molecular weight excluding hydrogens is 337 g/mol. The van der Waals surface area contributed by atoms with Crippen molar-refractivity contribution >= 4 is 34.6 Å². The number of halogens is 1. The Morgan fingerprint density at radius 2 is 1.88 bits per heavy atom. The SMILES string of the molecule is CCOC(=O)c1oc2ccccc2c1NC(=O)C=Cc1ccc(F)cc1. The number of benzene rings is 2. The first-order valence-electron chi connectivity index (χ1n) is 8.01. The van der Waals surface area contributed by atoms with Crippen LogP contribution in [0.2, 0.25) is 0 Å². The van der Waals surface area contributed by atoms with Gasteiger partial charge in [0.2, 0.25) is 11.7 Å². The van der Waals surface area contributed by atoms with Crippen LogP contribution in [0.4, 0.5) is 10.1 Å². The number of ether oxygens (including phenoxy) is 1. The van der Waals surface area contributed by atoms with Crippen molar-refractivity contribution in [1.29, 1.82) is 0 Å². The summed E-state index contributed by atoms with van der Waals surface area (Å²) in [5.41, 5.74) is 1.39. The summed E-state index contributed by atoms with van der Waals surface area (Å²) in [6.07, 6.45) is 2.84. The number of amides is 1. The van der Waals surface area contributed by atoms with Crippen LogP contribution < -0.4 is 5.32 Å². The number of anilines is 1. The van der Waals surface area contributed by atoms with E-state index in [2.05, 4.69) is 5.32 Å². The van der Waals surface area contributed by atoms with Gasteiger partial charge in [0.15, 0.2) is 0 Å². The number of esters is 1. The first kappa shape index (κ1) is 17.4. The highest BCUT2D eigenvalue weighted by Crippen LogP contribution is 2.31. The Morgan fingerprint density at radius 1 is 1.15 bits per heavy atom. The van der Waals surface area contributed by atoms with Gasteiger partial charge in [-0.25, -0.2) is 9.18 Å². The van der Waals surface area contributed by atoms with E-state index < -0.39 is 11.9 Å². The Hall–Kier alpha value is -3.41. The molecule has 0 radical (unpaired) electrons. The molecule has 0 aliphatic rings. The minimum absolute atomic E-state index is 0.0587. The molecule has 0 unspecified atom stereocenters. The Balaban J connectivity index is 1.87. The second-order valence-electron chi connectivity index (χ2n) is 5.40. The molecule has 3 aromatic rings. The number of para-hydroxylation sites is 1. The average Bonchev–Trinajstić information content (AvgIpc) is 3.00. The van der Waals surface area contributed by atoms with Crippen LogP contribution >= 0.6 is 0 Å². The predicted molar refractivity (Wildman–Crippen MR) is 96.2 cm³/mol. The normalized spacial score (nSPS) is 11.0. The monoisotopic (exact) mass is 353 g/mol. The van der Waals surface area contributed by atoms with Crippen molar-refractivity contribution in [3.63, 3.8) is 0 Å². The number of hydrogen-bond donors (Lipinski definition) is 1. The summed E-state index contributed by atoms with van der Waals surface area (Å²) >= 11 is 0. The summed E-state index contributed by atoms with van der Waals surface area (Å²) in [6, 6.07) is 12.7. The van der Waals surface area contributed by atoms with Crippen LogP contribution in [0.3, 0.4) is 0 Å². The first-order chi connectivity index (χ1) is 12.6. The summed E-state index contributed by atoms with van der Waals surface area (Å²) in [6.45, 7) is 1.87. The number of carbonyl (C=O) groups excluding carboxylic acids is 2. The van der Waals surface area contributed by atoms with E-state index in [-0.39, 0.29) is 23.9 Å². The molecule has 0 aliphatic carbocycles. The maximum absolute atomic E-state index is 12.9. The lowest BCUT2D eigenvalue weighted by Gasteiger charge is -2.03. The molecule has 0 spiro atoms. The number of fused-ring (bicyclic) bond motifs is 1. The van der Waals surface area contributed by atoms with E-state index in [4.69, 9.17) is 9.15 Å². The zero-order valence-electron chi connectivity index (χ0n) is 14.0. The van der Waals surface area contributed by atoms with Crippen molar-refractivity contribution in [3.8, 4) is 0 Å². The van der Waals surface area contributed by atoms with Crippen molar-refractivity contribution in [3.05, 3.63) is 71.7 Å². The minimum atomic E-state index is -0.651. The quantitative estimate of drug-likeness (QED) is 0.545. The van der Waals surface area contributed by atoms with Gasteiger partial charge in [-0.3, -0.25) is 4.79 Å². The molecule has 3 rings (SSSR count). The summed E-state index contributed by atoms with van der Waals surface area (Å²) in [5, 5.41) is 3.26. The van der Waals surface area contributed by atoms with Crippen LogP contribution in [0, 0.1) is 5.82 Å². The van der Waals surface area contributed by atoms with E-state index in [1.54, 1.807) is 49.4 Å². The number of carbonyl (C=O) groups is 2. The third-order valence-corrected chi connectivity index (χ3v) is 3.60. The van der Waals surface area contributed by atoms with Gasteiger partial charge in [-0.05, 0) is 42.8 Å². The largest absolute Gasteiger partial charge is 0.460 e. The van der Waals surface area contributed by atoms with Gasteiger partial charge in [0, 0.05) is 11.5 Å². The van der Waals surface area contributed by atoms with E-state index in [0.717, 1.165) is 0 Å². The fourth-order valence-corrected chi connectivity index (χ4v) is 2.42. The molecule has 132 valence electrons. The number of furan rings is 1. The fourth-order valence-electron chi connectivity index (χ4n) is 2.42. The van der Waals surface area contributed by atoms with E-state index in [9.17, 15) is 14.0 Å². The van der Waals surface area contributed by atoms with Crippen LogP contribution in [0.15, 0.2) is 59.0 Å². The predicted octanol–water partition coefficient (Wildman–Crippen LogP) is 4.40. The van der Waals surface area contributed by atoms with Crippen LogP contribution in [0.5, 0.6) is 0 Å². The van der Waals surface area contributed by atoms with Gasteiger partial charge >= 0.3 is 5.97 Å². The van der Waals surface area contributed by atoms with Crippen molar-refractivity contribution in [2.45, 2.75) is 6.92 Å². The molecule has 0 saturated heterocycles. The van der Waals surface area contributed by atoms with Gasteiger partial charge in [0.1, 0.15) is 17.1 Å². The molecule has 26 heavy (non-hydrogen) atoms. The third kappa shape index (κ3) is 3.80. The molecule has 0 aliphatic heterocycles. The molecule has 0 bridgehead atoms. The first-order valence-corrected chi connectivity index (χ1v) is 8.01. The number of hydrogen-bond acceptors (Lipinski definition) is 4. The number of nitrogens with one attached hydrogen (secondary N) is 1. The van der Waals surface area contributed by atoms with Gasteiger partial charge in [-0.1, -0.05) is 24.3 Å². The highest BCUT2D eigenvalue weighted by atomic mass is 19.1. The van der Waals surface area contributed by atoms with Crippen LogP contribution in [-0.4, -0.2) is 18.5 Å². The van der Waals surface area contributed by atoms with Crippen molar-refractivity contribution in [2.24, 2.45) is 0 Å². The van der Waals surface area contributed by atoms with Gasteiger partial charge in [-0.15, -0.1) is 0 Å². The maximum Gasteiger partial charge on any atom is 0.376 e. The topological polar surface area (TPSA) is 68.5 Å². The Labute approximate surface area is 149 Å². The van der Waals surface area contributed by atoms with Crippen LogP contribution in [0.25, 0.3) is 17.0 Å². The lowest BCUT2D eigenvalue weighted by atomic mass is 10.2. The van der Waals surface area contributed by atoms with Gasteiger partial charge in [-0.2, -0.15) is 0 Å². The van der Waals surface area contributed by atoms with E-state index >= 15 is 0 Å². The smallest absolute Gasteiger partial charge is 0.376 e. The molecule has 2 aromatic carbocycles. The minimum Gasteiger partial charge on any atom is -0.460 e. The second-order valence-corrected chi connectivity index (χ2v) is 5.40. The highest BCUT2D eigenvalue weighted by molar-refractivity contribution is 6.12. The van der Waals surface area contributed by atoms with Gasteiger partial charge in [0.05, 0.1) is 6.61 Å². The average molecular weight is 353 g/mol. The molecule has 0 saturated carbocycles. The van der Waals surface area contributed by atoms with Crippen molar-refractivity contribution in [2.75, 3.05) is 11.9 Å². The molecule has 1 amide bonds. The molecule has 1 aromatic heterocycles. The summed E-state index contributed by atoms with van der Waals surface area (Å²) in [4.78, 5) is 24.4. The molecular formula is C20H16FNO4. The van der Waals surface area contributed by atoms with E-state index in [1.807, 2.05) is 0 Å². The molecule has 0 fully saturated rings. The molecule has 5 nitrogen and oxygen atoms in total. The van der Waals surface area contributed by atoms with Gasteiger partial charge in [0.25, 0.3) is 0 Å². The summed E-state index contributed by atoms with van der Waals surface area (Å²) in [5.74, 6) is -1.51. The zero-order chi connectivity index (χ0) is 18.5. The highest BCUT2D eigenvalue weighted by Gasteiger charge is 2.22. The van der Waals surface area contributed by atoms with Gasteiger partial charge < -0.3 is 14.5 Å². The Bertz CT molecular complexity index is 973. The van der Waals surface area contributed by atoms with Crippen LogP contribution in [0.1, 0.15) is 23.0 Å². The van der Waals surface area contributed by atoms with Crippen molar-refractivity contribution in [1.82, 2.24) is 0 Å². The standard InChI is InChI=1S/C20H16FNO4/c1-2-25-20(24)19-18(15-5-3-4-6-16(15)26-19)22-17(23)12-9-13-7-10-14(21)11-8-13/h3-12H,2H2,1H3,(H,22,23). The van der Waals surface area contributed by atoms with Crippen LogP contribution in [-0.2, 0) is 9.53 Å². The summed E-state index contributed by atoms with van der Waals surface area (Å²) in [7, 11) is 0. The Kier molecular flexibility index (Phi) is 5.12. The lowest BCUT2D eigenvalue weighted by Crippen LogP contribution is -2.12. The maximum atomic E-state index is 12.9. The fraction of sp³-hybridized carbons (Fsp3) is 0.100. The third-order valence-electron chi connectivity index (χ3n) is 3.60. The number of rotatable bonds is 5. The van der Waals surface area contributed by atoms with E-state index in [1.165, 1.54) is 18.2 Å². The summed E-state index contributed by atoms with van der Waals surface area (Å²) < 4.78 is 23.4. The molecule has 1 N–H and O–H groups in total. The van der Waals surface area contributed by atoms with Crippen molar-refractivity contribution < 1.29 is 23.1 Å². The molecule has 1 heterocycles. The Morgan fingerprint density at radius 3 is 2.62 bits per heavy atom. The second kappa shape index (κ2) is 7.65. The zero-order valence-corrected chi connectivity index (χ0v) is 14.0. The molecule has 6 heteroatoms. The molecule has 0 atom stereocenters. The van der Waals surface area contributed by atoms with E-state index in [0.29, 0.717) is 16.5 Å². The lowest BCUT2D eigenvalue weighted by molar-refractivity contribution is -0.111.